The number of benzene rings is 1. The van der Waals surface area contributed by atoms with Crippen LogP contribution in [-0.4, -0.2) is 70.2 Å². The van der Waals surface area contributed by atoms with E-state index in [1.165, 1.54) is 11.0 Å². The van der Waals surface area contributed by atoms with Crippen LogP contribution in [0, 0.1) is 5.41 Å². The average molecular weight is 520 g/mol. The summed E-state index contributed by atoms with van der Waals surface area (Å²) in [6, 6.07) is 2.97. The molecule has 2 aliphatic rings. The summed E-state index contributed by atoms with van der Waals surface area (Å²) in [5.41, 5.74) is -2.25. The van der Waals surface area contributed by atoms with Crippen molar-refractivity contribution in [3.8, 4) is 5.75 Å². The van der Waals surface area contributed by atoms with E-state index in [0.29, 0.717) is 25.9 Å². The lowest BCUT2D eigenvalue weighted by Gasteiger charge is -2.49. The van der Waals surface area contributed by atoms with E-state index in [-0.39, 0.29) is 24.6 Å². The van der Waals surface area contributed by atoms with E-state index >= 15 is 0 Å². The van der Waals surface area contributed by atoms with Crippen molar-refractivity contribution in [1.29, 1.82) is 0 Å². The Morgan fingerprint density at radius 3 is 2.23 bits per heavy atom. The summed E-state index contributed by atoms with van der Waals surface area (Å²) in [6.07, 6.45) is -9.39. The second kappa shape index (κ2) is 10.2. The first kappa shape index (κ1) is 28.6. The highest BCUT2D eigenvalue weighted by Crippen LogP contribution is 2.45. The van der Waals surface area contributed by atoms with Gasteiger partial charge in [-0.15, -0.1) is 0 Å². The zero-order chi connectivity index (χ0) is 26.8. The van der Waals surface area contributed by atoms with Crippen molar-refractivity contribution >= 4 is 11.9 Å². The van der Waals surface area contributed by atoms with Gasteiger partial charge in [0.15, 0.2) is 0 Å². The number of carboxylic acid groups (broad SMARTS) is 1. The number of hydrogen-bond acceptors (Lipinski definition) is 4. The third-order valence-corrected chi connectivity index (χ3v) is 5.80. The van der Waals surface area contributed by atoms with Crippen molar-refractivity contribution in [3.63, 3.8) is 0 Å². The van der Waals surface area contributed by atoms with Gasteiger partial charge >= 0.3 is 18.3 Å². The normalized spacial score (nSPS) is 23.1. The van der Waals surface area contributed by atoms with Crippen molar-refractivity contribution < 1.29 is 54.9 Å². The van der Waals surface area contributed by atoms with Crippen molar-refractivity contribution in [1.82, 2.24) is 9.80 Å². The summed E-state index contributed by atoms with van der Waals surface area (Å²) >= 11 is 0. The van der Waals surface area contributed by atoms with Gasteiger partial charge in [0.2, 0.25) is 5.91 Å². The number of aliphatic carboxylic acids is 1. The monoisotopic (exact) mass is 520 g/mol. The maximum Gasteiger partial charge on any atom is 0.490 e. The fourth-order valence-electron chi connectivity index (χ4n) is 4.46. The van der Waals surface area contributed by atoms with Gasteiger partial charge in [-0.3, -0.25) is 9.69 Å². The van der Waals surface area contributed by atoms with Crippen LogP contribution < -0.4 is 0 Å². The van der Waals surface area contributed by atoms with E-state index in [1.54, 1.807) is 11.8 Å². The number of piperidine rings is 2. The van der Waals surface area contributed by atoms with Crippen LogP contribution >= 0.6 is 0 Å². The summed E-state index contributed by atoms with van der Waals surface area (Å²) in [6.45, 7) is 2.09. The molecule has 1 atom stereocenters. The lowest BCUT2D eigenvalue weighted by molar-refractivity contribution is -0.192. The number of phenols is 1. The highest BCUT2D eigenvalue weighted by atomic mass is 19.4. The van der Waals surface area contributed by atoms with E-state index in [2.05, 4.69) is 0 Å². The molecule has 2 aliphatic heterocycles. The standard InChI is InChI=1S/C19H23F5N2O2.C2HF3O2/c1-2-26-7-3-6-17(16(26)28)10-18(20,21)12-25(11-17)9-13-4-5-15(27)14(8-13)19(22,23)24;3-2(4,5)1(6)7/h4-5,8,27H,2-3,6-7,9-12H2,1H3;(H,6,7). The van der Waals surface area contributed by atoms with Crippen LogP contribution in [0.2, 0.25) is 0 Å². The molecule has 2 fully saturated rings. The molecule has 198 valence electrons. The Bertz CT molecular complexity index is 935. The fraction of sp³-hybridized carbons (Fsp3) is 0.619. The molecule has 35 heavy (non-hydrogen) atoms. The Labute approximate surface area is 195 Å². The molecule has 0 aromatic heterocycles. The number of amides is 1. The quantitative estimate of drug-likeness (QED) is 0.574. The van der Waals surface area contributed by atoms with E-state index < -0.39 is 53.9 Å². The zero-order valence-electron chi connectivity index (χ0n) is 18.5. The Morgan fingerprint density at radius 1 is 1.11 bits per heavy atom. The van der Waals surface area contributed by atoms with E-state index in [0.717, 1.165) is 12.1 Å². The number of rotatable bonds is 3. The molecule has 2 heterocycles. The molecule has 1 aromatic carbocycles. The van der Waals surface area contributed by atoms with Crippen LogP contribution in [0.5, 0.6) is 5.75 Å². The van der Waals surface area contributed by atoms with Gasteiger partial charge in [-0.2, -0.15) is 26.3 Å². The SMILES string of the molecule is CCN1CCCC2(CN(Cc3ccc(O)c(C(F)(F)F)c3)CC(F)(F)C2)C1=O.O=C(O)C(F)(F)F. The number of nitrogens with zero attached hydrogens (tertiary/aromatic N) is 2. The number of alkyl halides is 8. The first-order valence-corrected chi connectivity index (χ1v) is 10.5. The Morgan fingerprint density at radius 2 is 1.71 bits per heavy atom. The average Bonchev–Trinajstić information content (AvgIpc) is 2.69. The topological polar surface area (TPSA) is 81.1 Å². The largest absolute Gasteiger partial charge is 0.507 e. The van der Waals surface area contributed by atoms with E-state index in [4.69, 9.17) is 9.90 Å². The van der Waals surface area contributed by atoms with Crippen LogP contribution in [-0.2, 0) is 22.3 Å². The molecule has 1 aromatic rings. The van der Waals surface area contributed by atoms with Crippen LogP contribution in [0.1, 0.15) is 37.3 Å². The van der Waals surface area contributed by atoms with Crippen molar-refractivity contribution in [2.24, 2.45) is 5.41 Å². The Kier molecular flexibility index (Phi) is 8.29. The number of likely N-dealkylation sites (tertiary alicyclic amines) is 2. The van der Waals surface area contributed by atoms with Gasteiger partial charge in [0.1, 0.15) is 5.75 Å². The molecule has 14 heteroatoms. The van der Waals surface area contributed by atoms with E-state index in [9.17, 15) is 45.0 Å². The first-order valence-electron chi connectivity index (χ1n) is 10.5. The molecule has 6 nitrogen and oxygen atoms in total. The number of aromatic hydroxyl groups is 1. The summed E-state index contributed by atoms with van der Waals surface area (Å²) in [4.78, 5) is 24.7. The van der Waals surface area contributed by atoms with Gasteiger partial charge in [-0.25, -0.2) is 13.6 Å². The lowest BCUT2D eigenvalue weighted by Crippen LogP contribution is -2.60. The highest BCUT2D eigenvalue weighted by Gasteiger charge is 2.54. The van der Waals surface area contributed by atoms with Crippen molar-refractivity contribution in [2.45, 2.75) is 51.0 Å². The zero-order valence-corrected chi connectivity index (χ0v) is 18.5. The van der Waals surface area contributed by atoms with Crippen molar-refractivity contribution in [2.75, 3.05) is 26.2 Å². The molecule has 1 spiro atoms. The Balaban J connectivity index is 0.000000540. The minimum absolute atomic E-state index is 0.0835. The minimum atomic E-state index is -5.08. The summed E-state index contributed by atoms with van der Waals surface area (Å²) < 4.78 is 99.7. The number of phenolic OH excluding ortho intramolecular Hbond substituents is 1. The first-order chi connectivity index (χ1) is 15.9. The van der Waals surface area contributed by atoms with Crippen LogP contribution in [0.25, 0.3) is 0 Å². The third kappa shape index (κ3) is 7.18. The molecule has 0 aliphatic carbocycles. The van der Waals surface area contributed by atoms with Crippen LogP contribution in [0.4, 0.5) is 35.1 Å². The molecular formula is C21H24F8N2O4. The second-order valence-corrected chi connectivity index (χ2v) is 8.60. The molecule has 0 radical (unpaired) electrons. The molecule has 1 unspecified atom stereocenters. The summed E-state index contributed by atoms with van der Waals surface area (Å²) in [5.74, 6) is -7.06. The van der Waals surface area contributed by atoms with Crippen LogP contribution in [0.3, 0.4) is 0 Å². The maximum absolute atomic E-state index is 14.5. The molecule has 0 saturated carbocycles. The predicted octanol–water partition coefficient (Wildman–Crippen LogP) is 4.51. The molecule has 3 rings (SSSR count). The Hall–Kier alpha value is -2.64. The molecule has 1 amide bonds. The number of hydrogen-bond donors (Lipinski definition) is 2. The summed E-state index contributed by atoms with van der Waals surface area (Å²) in [5, 5.41) is 16.6. The van der Waals surface area contributed by atoms with Crippen LogP contribution in [0.15, 0.2) is 18.2 Å². The smallest absolute Gasteiger partial charge is 0.490 e. The molecular weight excluding hydrogens is 496 g/mol. The third-order valence-electron chi connectivity index (χ3n) is 5.80. The minimum Gasteiger partial charge on any atom is -0.507 e. The maximum atomic E-state index is 14.5. The van der Waals surface area contributed by atoms with E-state index in [1.807, 2.05) is 0 Å². The molecule has 2 N–H and O–H groups in total. The summed E-state index contributed by atoms with van der Waals surface area (Å²) in [7, 11) is 0. The number of carbonyl (C=O) groups is 2. The van der Waals surface area contributed by atoms with Gasteiger partial charge in [0.05, 0.1) is 17.5 Å². The highest BCUT2D eigenvalue weighted by molar-refractivity contribution is 5.84. The second-order valence-electron chi connectivity index (χ2n) is 8.60. The fourth-order valence-corrected chi connectivity index (χ4v) is 4.46. The number of halogens is 8. The van der Waals surface area contributed by atoms with Gasteiger partial charge in [-0.1, -0.05) is 6.07 Å². The number of carboxylic acids is 1. The predicted molar refractivity (Wildman–Crippen MR) is 106 cm³/mol. The van der Waals surface area contributed by atoms with Gasteiger partial charge in [-0.05, 0) is 37.5 Å². The number of carbonyl (C=O) groups excluding carboxylic acids is 1. The van der Waals surface area contributed by atoms with Gasteiger partial charge in [0, 0.05) is 32.6 Å². The molecule has 2 saturated heterocycles. The lowest BCUT2D eigenvalue weighted by atomic mass is 9.71. The van der Waals surface area contributed by atoms with Gasteiger partial charge < -0.3 is 15.1 Å². The molecule has 0 bridgehead atoms. The van der Waals surface area contributed by atoms with Crippen molar-refractivity contribution in [3.05, 3.63) is 29.3 Å². The van der Waals surface area contributed by atoms with Gasteiger partial charge in [0.25, 0.3) is 5.92 Å².